The normalized spacial score (nSPS) is 44.8. The highest BCUT2D eigenvalue weighted by atomic mass is 16.1. The minimum absolute atomic E-state index is 0.0284. The van der Waals surface area contributed by atoms with Gasteiger partial charge in [-0.15, -0.1) is 0 Å². The number of hydrogen-bond donors (Lipinski definition) is 1. The molecule has 0 aromatic rings. The molecule has 5 unspecified atom stereocenters. The van der Waals surface area contributed by atoms with Gasteiger partial charge in [-0.05, 0) is 62.9 Å². The van der Waals surface area contributed by atoms with E-state index in [4.69, 9.17) is 4.99 Å². The van der Waals surface area contributed by atoms with Crippen molar-refractivity contribution < 1.29 is 4.79 Å². The number of carbonyl (C=O) groups is 1. The second-order valence-corrected chi connectivity index (χ2v) is 6.08. The van der Waals surface area contributed by atoms with Crippen LogP contribution in [0.2, 0.25) is 0 Å². The van der Waals surface area contributed by atoms with Gasteiger partial charge in [-0.25, -0.2) is 0 Å². The van der Waals surface area contributed by atoms with Gasteiger partial charge in [0.05, 0.1) is 0 Å². The molecular weight excluding hydrogens is 212 g/mol. The van der Waals surface area contributed by atoms with Gasteiger partial charge >= 0.3 is 0 Å². The number of rotatable bonds is 1. The maximum absolute atomic E-state index is 11.5. The molecule has 2 fully saturated rings. The van der Waals surface area contributed by atoms with Gasteiger partial charge in [0.15, 0.2) is 5.78 Å². The monoisotopic (exact) mass is 234 g/mol. The van der Waals surface area contributed by atoms with Crippen LogP contribution in [0.1, 0.15) is 33.1 Å². The molecule has 1 saturated carbocycles. The van der Waals surface area contributed by atoms with Gasteiger partial charge in [-0.2, -0.15) is 0 Å². The number of aliphatic imine (C=N–C) groups is 1. The first-order chi connectivity index (χ1) is 8.16. The van der Waals surface area contributed by atoms with E-state index < -0.39 is 0 Å². The molecule has 17 heavy (non-hydrogen) atoms. The summed E-state index contributed by atoms with van der Waals surface area (Å²) in [5, 5.41) is 3.52. The fourth-order valence-corrected chi connectivity index (χ4v) is 4.09. The van der Waals surface area contributed by atoms with Gasteiger partial charge in [0, 0.05) is 5.71 Å². The van der Waals surface area contributed by atoms with Crippen LogP contribution in [0.3, 0.4) is 0 Å². The molecule has 0 aromatic heterocycles. The number of ketones is 1. The Kier molecular flexibility index (Phi) is 2.81. The zero-order valence-electron chi connectivity index (χ0n) is 10.8. The Morgan fingerprint density at radius 1 is 1.35 bits per heavy atom. The molecule has 1 N–H and O–H groups in total. The summed E-state index contributed by atoms with van der Waals surface area (Å²) in [7, 11) is 0. The van der Waals surface area contributed by atoms with Crippen molar-refractivity contribution in [3.63, 3.8) is 0 Å². The molecule has 3 rings (SSSR count). The van der Waals surface area contributed by atoms with Crippen LogP contribution in [-0.2, 0) is 4.79 Å². The Hall–Kier alpha value is -0.700. The Morgan fingerprint density at radius 2 is 2.18 bits per heavy atom. The van der Waals surface area contributed by atoms with Crippen LogP contribution < -0.4 is 5.32 Å². The first kappa shape index (κ1) is 11.4. The molecule has 0 bridgehead atoms. The Balaban J connectivity index is 1.85. The smallest absolute Gasteiger partial charge is 0.154 e. The van der Waals surface area contributed by atoms with Crippen LogP contribution in [0.5, 0.6) is 0 Å². The molecule has 5 atom stereocenters. The summed E-state index contributed by atoms with van der Waals surface area (Å²) in [4.78, 5) is 16.2. The van der Waals surface area contributed by atoms with Gasteiger partial charge in [0.25, 0.3) is 0 Å². The third-order valence-corrected chi connectivity index (χ3v) is 5.14. The van der Waals surface area contributed by atoms with Crippen LogP contribution in [0.4, 0.5) is 0 Å². The average molecular weight is 234 g/mol. The molecular formula is C14H22N2O. The van der Waals surface area contributed by atoms with E-state index in [-0.39, 0.29) is 11.8 Å². The maximum atomic E-state index is 11.5. The van der Waals surface area contributed by atoms with Gasteiger partial charge < -0.3 is 5.32 Å². The second-order valence-electron chi connectivity index (χ2n) is 6.08. The highest BCUT2D eigenvalue weighted by Gasteiger charge is 2.44. The SMILES string of the molecule is CC(=O)C1CCC2C(=N1)CC1CNCC1C2C. The Bertz CT molecular complexity index is 363. The summed E-state index contributed by atoms with van der Waals surface area (Å²) in [5.41, 5.74) is 1.36. The molecule has 2 heterocycles. The highest BCUT2D eigenvalue weighted by molar-refractivity contribution is 5.93. The lowest BCUT2D eigenvalue weighted by Gasteiger charge is -2.41. The molecule has 0 spiro atoms. The largest absolute Gasteiger partial charge is 0.316 e. The van der Waals surface area contributed by atoms with E-state index in [2.05, 4.69) is 12.2 Å². The standard InChI is InChI=1S/C14H22N2O/c1-8-11-3-4-13(9(2)17)16-14(11)5-10-6-15-7-12(8)10/h8,10-13,15H,3-7H2,1-2H3. The molecule has 2 aliphatic heterocycles. The van der Waals surface area contributed by atoms with Crippen molar-refractivity contribution in [3.8, 4) is 0 Å². The maximum Gasteiger partial charge on any atom is 0.154 e. The van der Waals surface area contributed by atoms with Gasteiger partial charge in [0.2, 0.25) is 0 Å². The lowest BCUT2D eigenvalue weighted by molar-refractivity contribution is -0.118. The Morgan fingerprint density at radius 3 is 2.94 bits per heavy atom. The molecule has 94 valence electrons. The van der Waals surface area contributed by atoms with Crippen molar-refractivity contribution >= 4 is 11.5 Å². The predicted octanol–water partition coefficient (Wildman–Crippen LogP) is 1.67. The highest BCUT2D eigenvalue weighted by Crippen LogP contribution is 2.43. The third kappa shape index (κ3) is 1.85. The summed E-state index contributed by atoms with van der Waals surface area (Å²) in [6, 6.07) is -0.0284. The molecule has 3 heteroatoms. The van der Waals surface area contributed by atoms with E-state index in [0.717, 1.165) is 37.1 Å². The average Bonchev–Trinajstić information content (AvgIpc) is 2.77. The first-order valence-corrected chi connectivity index (χ1v) is 6.94. The molecule has 0 amide bonds. The van der Waals surface area contributed by atoms with Gasteiger partial charge in [0.1, 0.15) is 6.04 Å². The molecule has 0 radical (unpaired) electrons. The second kappa shape index (κ2) is 4.20. The lowest BCUT2D eigenvalue weighted by Crippen LogP contribution is -2.42. The van der Waals surface area contributed by atoms with E-state index >= 15 is 0 Å². The summed E-state index contributed by atoms with van der Waals surface area (Å²) in [6.45, 7) is 6.40. The topological polar surface area (TPSA) is 41.5 Å². The molecule has 3 aliphatic rings. The fraction of sp³-hybridized carbons (Fsp3) is 0.857. The van der Waals surface area contributed by atoms with E-state index in [9.17, 15) is 4.79 Å². The van der Waals surface area contributed by atoms with Crippen molar-refractivity contribution in [2.75, 3.05) is 13.1 Å². The summed E-state index contributed by atoms with van der Waals surface area (Å²) in [5.74, 6) is 3.26. The van der Waals surface area contributed by atoms with E-state index in [1.165, 1.54) is 18.7 Å². The van der Waals surface area contributed by atoms with E-state index in [1.807, 2.05) is 0 Å². The minimum Gasteiger partial charge on any atom is -0.316 e. The number of carbonyl (C=O) groups excluding carboxylic acids is 1. The molecule has 1 aliphatic carbocycles. The number of Topliss-reactive ketones (excluding diaryl/α,β-unsaturated/α-hetero) is 1. The fourth-order valence-electron chi connectivity index (χ4n) is 4.09. The number of nitrogens with one attached hydrogen (secondary N) is 1. The molecule has 3 nitrogen and oxygen atoms in total. The predicted molar refractivity (Wildman–Crippen MR) is 68.3 cm³/mol. The third-order valence-electron chi connectivity index (χ3n) is 5.14. The van der Waals surface area contributed by atoms with Crippen LogP contribution in [0.15, 0.2) is 4.99 Å². The minimum atomic E-state index is -0.0284. The van der Waals surface area contributed by atoms with Crippen molar-refractivity contribution in [3.05, 3.63) is 0 Å². The Labute approximate surface area is 103 Å². The van der Waals surface area contributed by atoms with Gasteiger partial charge in [-0.1, -0.05) is 6.92 Å². The quantitative estimate of drug-likeness (QED) is 0.750. The van der Waals surface area contributed by atoms with Crippen molar-refractivity contribution in [2.24, 2.45) is 28.7 Å². The van der Waals surface area contributed by atoms with E-state index in [0.29, 0.717) is 5.92 Å². The molecule has 0 aromatic carbocycles. The van der Waals surface area contributed by atoms with Gasteiger partial charge in [-0.3, -0.25) is 9.79 Å². The first-order valence-electron chi connectivity index (χ1n) is 6.94. The summed E-state index contributed by atoms with van der Waals surface area (Å²) < 4.78 is 0. The zero-order valence-corrected chi connectivity index (χ0v) is 10.8. The van der Waals surface area contributed by atoms with Crippen LogP contribution in [0, 0.1) is 23.7 Å². The number of nitrogens with zero attached hydrogens (tertiary/aromatic N) is 1. The number of hydrogen-bond acceptors (Lipinski definition) is 3. The lowest BCUT2D eigenvalue weighted by atomic mass is 9.65. The van der Waals surface area contributed by atoms with Crippen LogP contribution in [0.25, 0.3) is 0 Å². The van der Waals surface area contributed by atoms with Crippen LogP contribution >= 0.6 is 0 Å². The zero-order chi connectivity index (χ0) is 12.0. The van der Waals surface area contributed by atoms with Crippen LogP contribution in [-0.4, -0.2) is 30.6 Å². The molecule has 1 saturated heterocycles. The summed E-state index contributed by atoms with van der Waals surface area (Å²) >= 11 is 0. The van der Waals surface area contributed by atoms with Crippen molar-refractivity contribution in [1.82, 2.24) is 5.32 Å². The summed E-state index contributed by atoms with van der Waals surface area (Å²) in [6.07, 6.45) is 3.28. The number of fused-ring (bicyclic) bond motifs is 2. The van der Waals surface area contributed by atoms with E-state index in [1.54, 1.807) is 6.92 Å². The van der Waals surface area contributed by atoms with Crippen molar-refractivity contribution in [1.29, 1.82) is 0 Å². The van der Waals surface area contributed by atoms with Crippen molar-refractivity contribution in [2.45, 2.75) is 39.2 Å².